The minimum atomic E-state index is -0.380. The van der Waals surface area contributed by atoms with Crippen LogP contribution >= 0.6 is 35.6 Å². The predicted molar refractivity (Wildman–Crippen MR) is 149 cm³/mol. The van der Waals surface area contributed by atoms with Crippen molar-refractivity contribution in [2.24, 2.45) is 0 Å². The van der Waals surface area contributed by atoms with Crippen molar-refractivity contribution < 1.29 is 14.3 Å². The lowest BCUT2D eigenvalue weighted by atomic mass is 10.2. The summed E-state index contributed by atoms with van der Waals surface area (Å²) in [5, 5.41) is 0.542. The van der Waals surface area contributed by atoms with Crippen LogP contribution in [0.2, 0.25) is 5.02 Å². The van der Waals surface area contributed by atoms with E-state index < -0.39 is 0 Å². The number of pyridine rings is 1. The zero-order valence-corrected chi connectivity index (χ0v) is 22.2. The van der Waals surface area contributed by atoms with Crippen LogP contribution in [0.1, 0.15) is 16.7 Å². The predicted octanol–water partition coefficient (Wildman–Crippen LogP) is 5.86. The first-order valence-electron chi connectivity index (χ1n) is 11.2. The van der Waals surface area contributed by atoms with E-state index in [1.165, 1.54) is 22.5 Å². The number of ether oxygens (including phenoxy) is 2. The number of aromatic nitrogens is 2. The molecule has 0 unspecified atom stereocenters. The van der Waals surface area contributed by atoms with Crippen molar-refractivity contribution >= 4 is 57.5 Å². The summed E-state index contributed by atoms with van der Waals surface area (Å²) in [5.41, 5.74) is 1.75. The van der Waals surface area contributed by atoms with E-state index in [9.17, 15) is 9.59 Å². The molecule has 0 atom stereocenters. The molecule has 1 saturated heterocycles. The Hall–Kier alpha value is -3.66. The standard InChI is InChI=1S/C27H20ClN3O4S2/c1-16-8-7-13-30-23(16)29-24(35-21-12-6-5-11-20(21)34-2)18(25(30)32)14-22-26(33)31(27(36)37-22)15-17-9-3-4-10-19(17)28/h3-14H,15H2,1-2H3/b22-14+. The van der Waals surface area contributed by atoms with Crippen LogP contribution in [0.25, 0.3) is 11.7 Å². The van der Waals surface area contributed by atoms with Gasteiger partial charge in [-0.3, -0.25) is 18.9 Å². The molecule has 1 fully saturated rings. The molecule has 5 rings (SSSR count). The molecule has 2 aromatic carbocycles. The van der Waals surface area contributed by atoms with Crippen molar-refractivity contribution in [3.63, 3.8) is 0 Å². The van der Waals surface area contributed by atoms with Gasteiger partial charge in [-0.2, -0.15) is 4.98 Å². The van der Waals surface area contributed by atoms with E-state index in [-0.39, 0.29) is 34.4 Å². The number of carbonyl (C=O) groups is 1. The summed E-state index contributed by atoms with van der Waals surface area (Å²) in [5.74, 6) is 0.592. The first kappa shape index (κ1) is 25.0. The Kier molecular flexibility index (Phi) is 7.01. The summed E-state index contributed by atoms with van der Waals surface area (Å²) in [6.45, 7) is 2.08. The van der Waals surface area contributed by atoms with Gasteiger partial charge in [0.05, 0.1) is 18.6 Å². The second-order valence-corrected chi connectivity index (χ2v) is 10.2. The Morgan fingerprint density at radius 2 is 1.78 bits per heavy atom. The van der Waals surface area contributed by atoms with Crippen LogP contribution in [-0.2, 0) is 11.3 Å². The summed E-state index contributed by atoms with van der Waals surface area (Å²) in [7, 11) is 1.53. The Morgan fingerprint density at radius 3 is 2.54 bits per heavy atom. The number of halogens is 1. The molecule has 4 aromatic rings. The smallest absolute Gasteiger partial charge is 0.269 e. The maximum atomic E-state index is 13.6. The average Bonchev–Trinajstić information content (AvgIpc) is 3.16. The van der Waals surface area contributed by atoms with Crippen LogP contribution in [0, 0.1) is 6.92 Å². The molecule has 0 N–H and O–H groups in total. The summed E-state index contributed by atoms with van der Waals surface area (Å²) < 4.78 is 13.3. The molecule has 1 aliphatic heterocycles. The van der Waals surface area contributed by atoms with E-state index in [0.717, 1.165) is 22.9 Å². The highest BCUT2D eigenvalue weighted by Crippen LogP contribution is 2.37. The molecule has 0 spiro atoms. The second kappa shape index (κ2) is 10.4. The third-order valence-electron chi connectivity index (χ3n) is 5.76. The van der Waals surface area contributed by atoms with Crippen molar-refractivity contribution in [3.05, 3.63) is 104 Å². The number of benzene rings is 2. The van der Waals surface area contributed by atoms with Crippen LogP contribution in [0.5, 0.6) is 17.4 Å². The van der Waals surface area contributed by atoms with Gasteiger partial charge in [0.1, 0.15) is 15.5 Å². The molecule has 186 valence electrons. The number of hydrogen-bond donors (Lipinski definition) is 0. The molecule has 0 aliphatic carbocycles. The van der Waals surface area contributed by atoms with Crippen molar-refractivity contribution in [1.82, 2.24) is 14.3 Å². The fraction of sp³-hybridized carbons (Fsp3) is 0.111. The van der Waals surface area contributed by atoms with E-state index in [1.807, 2.05) is 37.3 Å². The summed E-state index contributed by atoms with van der Waals surface area (Å²) in [4.78, 5) is 33.4. The number of thiocarbonyl (C=S) groups is 1. The molecule has 7 nitrogen and oxygen atoms in total. The zero-order chi connectivity index (χ0) is 26.1. The van der Waals surface area contributed by atoms with Crippen LogP contribution < -0.4 is 15.0 Å². The molecule has 1 amide bonds. The van der Waals surface area contributed by atoms with E-state index >= 15 is 0 Å². The van der Waals surface area contributed by atoms with Crippen molar-refractivity contribution in [3.8, 4) is 17.4 Å². The highest BCUT2D eigenvalue weighted by molar-refractivity contribution is 8.26. The van der Waals surface area contributed by atoms with Gasteiger partial charge in [-0.25, -0.2) is 0 Å². The van der Waals surface area contributed by atoms with Gasteiger partial charge in [0, 0.05) is 11.2 Å². The molecule has 1 aliphatic rings. The number of methoxy groups -OCH3 is 1. The first-order chi connectivity index (χ1) is 17.9. The Morgan fingerprint density at radius 1 is 1.05 bits per heavy atom. The molecule has 0 bridgehead atoms. The molecule has 10 heteroatoms. The lowest BCUT2D eigenvalue weighted by Gasteiger charge is -2.15. The van der Waals surface area contributed by atoms with E-state index in [4.69, 9.17) is 33.3 Å². The van der Waals surface area contributed by atoms with Gasteiger partial charge >= 0.3 is 0 Å². The van der Waals surface area contributed by atoms with Crippen molar-refractivity contribution in [2.45, 2.75) is 13.5 Å². The van der Waals surface area contributed by atoms with E-state index in [1.54, 1.807) is 36.5 Å². The van der Waals surface area contributed by atoms with Crippen molar-refractivity contribution in [2.75, 3.05) is 7.11 Å². The number of para-hydroxylation sites is 2. The highest BCUT2D eigenvalue weighted by Gasteiger charge is 2.33. The molecule has 3 heterocycles. The monoisotopic (exact) mass is 549 g/mol. The fourth-order valence-electron chi connectivity index (χ4n) is 3.87. The van der Waals surface area contributed by atoms with Crippen LogP contribution in [0.3, 0.4) is 0 Å². The van der Waals surface area contributed by atoms with Gasteiger partial charge < -0.3 is 9.47 Å². The molecular weight excluding hydrogens is 530 g/mol. The quantitative estimate of drug-likeness (QED) is 0.220. The Labute approximate surface area is 227 Å². The minimum Gasteiger partial charge on any atom is -0.493 e. The summed E-state index contributed by atoms with van der Waals surface area (Å²) in [6.07, 6.45) is 3.12. The van der Waals surface area contributed by atoms with Crippen LogP contribution in [-0.4, -0.2) is 31.6 Å². The minimum absolute atomic E-state index is 0.0557. The first-order valence-corrected chi connectivity index (χ1v) is 12.8. The third kappa shape index (κ3) is 4.85. The normalized spacial score (nSPS) is 14.6. The summed E-state index contributed by atoms with van der Waals surface area (Å²) in [6, 6.07) is 17.9. The maximum absolute atomic E-state index is 13.6. The number of carbonyl (C=O) groups excluding carboxylic acids is 1. The number of aryl methyl sites for hydroxylation is 1. The largest absolute Gasteiger partial charge is 0.493 e. The maximum Gasteiger partial charge on any atom is 0.269 e. The Bertz CT molecular complexity index is 1650. The third-order valence-corrected chi connectivity index (χ3v) is 7.51. The van der Waals surface area contributed by atoms with Gasteiger partial charge in [-0.1, -0.05) is 72.0 Å². The lowest BCUT2D eigenvalue weighted by molar-refractivity contribution is -0.122. The lowest BCUT2D eigenvalue weighted by Crippen LogP contribution is -2.27. The molecule has 37 heavy (non-hydrogen) atoms. The zero-order valence-electron chi connectivity index (χ0n) is 19.8. The number of fused-ring (bicyclic) bond motifs is 1. The SMILES string of the molecule is COc1ccccc1Oc1nc2c(C)cccn2c(=O)c1/C=C1/SC(=S)N(Cc2ccccc2Cl)C1=O. The highest BCUT2D eigenvalue weighted by atomic mass is 35.5. The van der Waals surface area contributed by atoms with Gasteiger partial charge in [0.15, 0.2) is 11.5 Å². The van der Waals surface area contributed by atoms with E-state index in [2.05, 4.69) is 4.98 Å². The summed E-state index contributed by atoms with van der Waals surface area (Å²) >= 11 is 12.9. The van der Waals surface area contributed by atoms with Crippen molar-refractivity contribution in [1.29, 1.82) is 0 Å². The number of hydrogen-bond acceptors (Lipinski definition) is 7. The molecular formula is C27H20ClN3O4S2. The van der Waals surface area contributed by atoms with Gasteiger partial charge in [-0.15, -0.1) is 0 Å². The number of thioether (sulfide) groups is 1. The Balaban J connectivity index is 1.60. The fourth-order valence-corrected chi connectivity index (χ4v) is 5.30. The van der Waals surface area contributed by atoms with Gasteiger partial charge in [0.25, 0.3) is 11.5 Å². The van der Waals surface area contributed by atoms with Gasteiger partial charge in [0.2, 0.25) is 5.88 Å². The second-order valence-electron chi connectivity index (χ2n) is 8.13. The number of amides is 1. The average molecular weight is 550 g/mol. The van der Waals surface area contributed by atoms with Crippen LogP contribution in [0.4, 0.5) is 0 Å². The molecule has 0 saturated carbocycles. The van der Waals surface area contributed by atoms with Gasteiger partial charge in [-0.05, 0) is 48.4 Å². The van der Waals surface area contributed by atoms with Crippen LogP contribution in [0.15, 0.2) is 76.6 Å². The van der Waals surface area contributed by atoms with E-state index in [0.29, 0.717) is 26.5 Å². The molecule has 2 aromatic heterocycles. The molecule has 0 radical (unpaired) electrons. The number of nitrogens with zero attached hydrogens (tertiary/aromatic N) is 3. The topological polar surface area (TPSA) is 73.1 Å². The number of rotatable bonds is 6.